The van der Waals surface area contributed by atoms with E-state index in [0.29, 0.717) is 19.0 Å². The van der Waals surface area contributed by atoms with Gasteiger partial charge in [-0.05, 0) is 44.3 Å². The molecular weight excluding hydrogens is 489 g/mol. The number of nitrogens with zero attached hydrogens (tertiary/aromatic N) is 3. The van der Waals surface area contributed by atoms with Gasteiger partial charge < -0.3 is 20.0 Å². The van der Waals surface area contributed by atoms with Crippen LogP contribution < -0.4 is 10.6 Å². The topological polar surface area (TPSA) is 65.7 Å². The first kappa shape index (κ1) is 23.9. The number of benzene rings is 2. The van der Waals surface area contributed by atoms with E-state index >= 15 is 0 Å². The van der Waals surface area contributed by atoms with Gasteiger partial charge >= 0.3 is 0 Å². The summed E-state index contributed by atoms with van der Waals surface area (Å²) < 4.78 is 5.61. The normalized spacial score (nSPS) is 11.3. The maximum absolute atomic E-state index is 5.61. The molecule has 0 amide bonds. The molecule has 2 aromatic carbocycles. The van der Waals surface area contributed by atoms with Gasteiger partial charge in [-0.3, -0.25) is 0 Å². The largest absolute Gasteiger partial charge is 0.444 e. The molecule has 1 heterocycles. The summed E-state index contributed by atoms with van der Waals surface area (Å²) in [6.45, 7) is 4.91. The van der Waals surface area contributed by atoms with Crippen LogP contribution in [0.3, 0.4) is 0 Å². The number of halogens is 1. The van der Waals surface area contributed by atoms with E-state index in [1.807, 2.05) is 30.3 Å². The van der Waals surface area contributed by atoms with E-state index in [9.17, 15) is 0 Å². The van der Waals surface area contributed by atoms with Crippen molar-refractivity contribution in [1.29, 1.82) is 0 Å². The summed E-state index contributed by atoms with van der Waals surface area (Å²) in [4.78, 5) is 11.5. The summed E-state index contributed by atoms with van der Waals surface area (Å²) in [5, 5.41) is 6.63. The van der Waals surface area contributed by atoms with Crippen LogP contribution in [0.25, 0.3) is 11.5 Å². The number of aromatic nitrogens is 1. The molecule has 2 N–H and O–H groups in total. The van der Waals surface area contributed by atoms with Gasteiger partial charge in [-0.25, -0.2) is 9.98 Å². The third-order valence-corrected chi connectivity index (χ3v) is 4.37. The molecule has 0 fully saturated rings. The van der Waals surface area contributed by atoms with Gasteiger partial charge in [0.05, 0.1) is 18.8 Å². The summed E-state index contributed by atoms with van der Waals surface area (Å²) in [5.41, 5.74) is 4.33. The lowest BCUT2D eigenvalue weighted by Gasteiger charge is -2.14. The van der Waals surface area contributed by atoms with Crippen molar-refractivity contribution in [3.8, 4) is 11.5 Å². The zero-order valence-corrected chi connectivity index (χ0v) is 20.1. The Morgan fingerprint density at radius 3 is 2.40 bits per heavy atom. The molecule has 0 atom stereocenters. The quantitative estimate of drug-likeness (QED) is 0.264. The minimum absolute atomic E-state index is 0. The first-order chi connectivity index (χ1) is 14.2. The van der Waals surface area contributed by atoms with Gasteiger partial charge in [0, 0.05) is 18.7 Å². The molecule has 7 heteroatoms. The second kappa shape index (κ2) is 12.3. The van der Waals surface area contributed by atoms with Gasteiger partial charge in [-0.15, -0.1) is 24.0 Å². The van der Waals surface area contributed by atoms with Crippen molar-refractivity contribution in [2.24, 2.45) is 4.99 Å². The van der Waals surface area contributed by atoms with Gasteiger partial charge in [0.25, 0.3) is 0 Å². The van der Waals surface area contributed by atoms with Crippen molar-refractivity contribution in [1.82, 2.24) is 20.5 Å². The van der Waals surface area contributed by atoms with E-state index in [0.717, 1.165) is 30.3 Å². The van der Waals surface area contributed by atoms with Crippen molar-refractivity contribution >= 4 is 29.9 Å². The van der Waals surface area contributed by atoms with Gasteiger partial charge in [0.15, 0.2) is 5.96 Å². The third-order valence-electron chi connectivity index (χ3n) is 4.37. The fraction of sp³-hybridized carbons (Fsp3) is 0.304. The van der Waals surface area contributed by atoms with Crippen LogP contribution in [0.1, 0.15) is 23.7 Å². The highest BCUT2D eigenvalue weighted by Crippen LogP contribution is 2.17. The maximum atomic E-state index is 5.61. The van der Waals surface area contributed by atoms with Crippen molar-refractivity contribution in [2.75, 3.05) is 20.6 Å². The predicted molar refractivity (Wildman–Crippen MR) is 133 cm³/mol. The van der Waals surface area contributed by atoms with Crippen LogP contribution in [-0.4, -0.2) is 36.5 Å². The summed E-state index contributed by atoms with van der Waals surface area (Å²) >= 11 is 0. The van der Waals surface area contributed by atoms with Gasteiger partial charge in [0.1, 0.15) is 6.26 Å². The lowest BCUT2D eigenvalue weighted by Crippen LogP contribution is -2.36. The fourth-order valence-electron chi connectivity index (χ4n) is 2.99. The second-order valence-electron chi connectivity index (χ2n) is 7.07. The number of oxazole rings is 1. The highest BCUT2D eigenvalue weighted by atomic mass is 127. The molecule has 0 saturated carbocycles. The molecule has 160 valence electrons. The minimum atomic E-state index is 0. The standard InChI is InChI=1S/C23H29N5O.HI/c1-4-24-23(25-14-19-12-8-9-13-20(19)16-28(2)3)26-15-21-17-29-22(27-21)18-10-6-5-7-11-18;/h5-13,17H,4,14-16H2,1-3H3,(H2,24,25,26);1H. The monoisotopic (exact) mass is 519 g/mol. The van der Waals surface area contributed by atoms with Crippen LogP contribution in [0, 0.1) is 0 Å². The van der Waals surface area contributed by atoms with E-state index in [2.05, 4.69) is 65.8 Å². The number of guanidine groups is 1. The number of nitrogens with one attached hydrogen (secondary N) is 2. The van der Waals surface area contributed by atoms with Crippen molar-refractivity contribution in [3.05, 3.63) is 77.7 Å². The smallest absolute Gasteiger partial charge is 0.226 e. The van der Waals surface area contributed by atoms with E-state index in [1.165, 1.54) is 11.1 Å². The molecule has 0 aliphatic rings. The van der Waals surface area contributed by atoms with Crippen molar-refractivity contribution < 1.29 is 4.42 Å². The Balaban J connectivity index is 0.00000320. The molecule has 0 saturated heterocycles. The molecule has 1 aromatic heterocycles. The Hall–Kier alpha value is -2.39. The second-order valence-corrected chi connectivity index (χ2v) is 7.07. The highest BCUT2D eigenvalue weighted by Gasteiger charge is 2.08. The van der Waals surface area contributed by atoms with Crippen LogP contribution in [0.2, 0.25) is 0 Å². The lowest BCUT2D eigenvalue weighted by molar-refractivity contribution is 0.401. The lowest BCUT2D eigenvalue weighted by atomic mass is 10.1. The number of hydrogen-bond donors (Lipinski definition) is 2. The summed E-state index contributed by atoms with van der Waals surface area (Å²) in [5.74, 6) is 1.39. The maximum Gasteiger partial charge on any atom is 0.226 e. The summed E-state index contributed by atoms with van der Waals surface area (Å²) in [6.07, 6.45) is 1.69. The molecule has 30 heavy (non-hydrogen) atoms. The molecular formula is C23H30IN5O. The third kappa shape index (κ3) is 7.14. The molecule has 0 bridgehead atoms. The first-order valence-corrected chi connectivity index (χ1v) is 9.89. The highest BCUT2D eigenvalue weighted by molar-refractivity contribution is 14.0. The summed E-state index contributed by atoms with van der Waals surface area (Å²) in [6, 6.07) is 18.3. The van der Waals surface area contributed by atoms with Gasteiger partial charge in [0.2, 0.25) is 5.89 Å². The van der Waals surface area contributed by atoms with Gasteiger partial charge in [-0.2, -0.15) is 0 Å². The Morgan fingerprint density at radius 2 is 1.70 bits per heavy atom. The Labute approximate surface area is 195 Å². The van der Waals surface area contributed by atoms with Crippen molar-refractivity contribution in [3.63, 3.8) is 0 Å². The Bertz CT molecular complexity index is 924. The molecule has 0 aliphatic carbocycles. The van der Waals surface area contributed by atoms with Gasteiger partial charge in [-0.1, -0.05) is 42.5 Å². The molecule has 0 aliphatic heterocycles. The van der Waals surface area contributed by atoms with Crippen LogP contribution in [0.5, 0.6) is 0 Å². The number of aliphatic imine (C=N–C) groups is 1. The van der Waals surface area contributed by atoms with Crippen molar-refractivity contribution in [2.45, 2.75) is 26.6 Å². The van der Waals surface area contributed by atoms with Crippen LogP contribution in [0.15, 0.2) is 70.3 Å². The number of hydrogen-bond acceptors (Lipinski definition) is 4. The van der Waals surface area contributed by atoms with E-state index in [4.69, 9.17) is 9.41 Å². The zero-order chi connectivity index (χ0) is 20.5. The van der Waals surface area contributed by atoms with Crippen LogP contribution in [-0.2, 0) is 19.6 Å². The molecule has 3 rings (SSSR count). The van der Waals surface area contributed by atoms with Crippen LogP contribution in [0.4, 0.5) is 0 Å². The molecule has 0 spiro atoms. The fourth-order valence-corrected chi connectivity index (χ4v) is 2.99. The number of rotatable bonds is 8. The van der Waals surface area contributed by atoms with E-state index < -0.39 is 0 Å². The van der Waals surface area contributed by atoms with Crippen LogP contribution >= 0.6 is 24.0 Å². The average molecular weight is 519 g/mol. The SMILES string of the molecule is CCNC(=NCc1ccccc1CN(C)C)NCc1coc(-c2ccccc2)n1.I. The van der Waals surface area contributed by atoms with E-state index in [1.54, 1.807) is 6.26 Å². The Morgan fingerprint density at radius 1 is 1.00 bits per heavy atom. The molecule has 0 radical (unpaired) electrons. The summed E-state index contributed by atoms with van der Waals surface area (Å²) in [7, 11) is 4.15. The molecule has 6 nitrogen and oxygen atoms in total. The Kier molecular flexibility index (Phi) is 9.82. The zero-order valence-electron chi connectivity index (χ0n) is 17.8. The minimum Gasteiger partial charge on any atom is -0.444 e. The molecule has 3 aromatic rings. The predicted octanol–water partition coefficient (Wildman–Crippen LogP) is 4.28. The first-order valence-electron chi connectivity index (χ1n) is 9.89. The average Bonchev–Trinajstić information content (AvgIpc) is 3.20. The molecule has 0 unspecified atom stereocenters. The van der Waals surface area contributed by atoms with E-state index in [-0.39, 0.29) is 24.0 Å².